The predicted molar refractivity (Wildman–Crippen MR) is 75.5 cm³/mol. The molecular weight excluding hydrogens is 256 g/mol. The highest BCUT2D eigenvalue weighted by molar-refractivity contribution is 5.92. The fourth-order valence-corrected chi connectivity index (χ4v) is 1.81. The molecule has 0 fully saturated rings. The van der Waals surface area contributed by atoms with Crippen LogP contribution in [-0.2, 0) is 11.3 Å². The maximum absolute atomic E-state index is 12.1. The van der Waals surface area contributed by atoms with E-state index in [0.29, 0.717) is 22.7 Å². The minimum atomic E-state index is -0.416. The molecule has 0 radical (unpaired) electrons. The Bertz CT molecular complexity index is 626. The van der Waals surface area contributed by atoms with E-state index in [1.54, 1.807) is 43.5 Å². The first kappa shape index (κ1) is 13.9. The van der Waals surface area contributed by atoms with Crippen LogP contribution in [0.5, 0.6) is 5.88 Å². The molecule has 2 rings (SSSR count). The zero-order valence-electron chi connectivity index (χ0n) is 11.4. The summed E-state index contributed by atoms with van der Waals surface area (Å²) < 4.78 is 10.4. The molecule has 0 unspecified atom stereocenters. The monoisotopic (exact) mass is 272 g/mol. The van der Waals surface area contributed by atoms with Gasteiger partial charge in [0.15, 0.2) is 0 Å². The van der Waals surface area contributed by atoms with Crippen molar-refractivity contribution in [2.45, 2.75) is 13.5 Å². The van der Waals surface area contributed by atoms with Gasteiger partial charge in [-0.2, -0.15) is 0 Å². The van der Waals surface area contributed by atoms with E-state index >= 15 is 0 Å². The Kier molecular flexibility index (Phi) is 4.20. The van der Waals surface area contributed by atoms with Crippen molar-refractivity contribution in [3.05, 3.63) is 53.2 Å². The molecule has 0 bridgehead atoms. The molecule has 0 saturated heterocycles. The summed E-state index contributed by atoms with van der Waals surface area (Å²) >= 11 is 0. The molecule has 0 aliphatic heterocycles. The summed E-state index contributed by atoms with van der Waals surface area (Å²) in [5, 5.41) is 0. The number of hydrogen-bond acceptors (Lipinski definition) is 5. The highest BCUT2D eigenvalue weighted by atomic mass is 16.5. The Balaban J connectivity index is 2.11. The number of nitrogen functional groups attached to an aromatic ring is 1. The van der Waals surface area contributed by atoms with Crippen LogP contribution in [0.1, 0.15) is 21.5 Å². The van der Waals surface area contributed by atoms with E-state index in [1.807, 2.05) is 0 Å². The fourth-order valence-electron chi connectivity index (χ4n) is 1.81. The Labute approximate surface area is 117 Å². The van der Waals surface area contributed by atoms with Gasteiger partial charge in [-0.15, -0.1) is 0 Å². The molecule has 2 aromatic rings. The maximum Gasteiger partial charge on any atom is 0.338 e. The summed E-state index contributed by atoms with van der Waals surface area (Å²) in [5.41, 5.74) is 8.24. The van der Waals surface area contributed by atoms with Crippen molar-refractivity contribution < 1.29 is 14.3 Å². The van der Waals surface area contributed by atoms with Crippen molar-refractivity contribution in [3.8, 4) is 5.88 Å². The van der Waals surface area contributed by atoms with Crippen LogP contribution in [0.25, 0.3) is 0 Å². The lowest BCUT2D eigenvalue weighted by molar-refractivity contribution is 0.0468. The van der Waals surface area contributed by atoms with Crippen LogP contribution in [-0.4, -0.2) is 18.1 Å². The largest absolute Gasteiger partial charge is 0.481 e. The Morgan fingerprint density at radius 1 is 1.30 bits per heavy atom. The second kappa shape index (κ2) is 6.06. The van der Waals surface area contributed by atoms with E-state index < -0.39 is 5.97 Å². The van der Waals surface area contributed by atoms with E-state index in [2.05, 4.69) is 4.98 Å². The number of pyridine rings is 1. The number of anilines is 1. The van der Waals surface area contributed by atoms with Gasteiger partial charge in [0.05, 0.1) is 18.2 Å². The van der Waals surface area contributed by atoms with Gasteiger partial charge in [0.25, 0.3) is 0 Å². The van der Waals surface area contributed by atoms with Gasteiger partial charge in [-0.25, -0.2) is 9.78 Å². The second-order valence-corrected chi connectivity index (χ2v) is 4.27. The molecule has 1 aromatic heterocycles. The molecule has 0 saturated carbocycles. The maximum atomic E-state index is 12.1. The summed E-state index contributed by atoms with van der Waals surface area (Å²) in [7, 11) is 1.52. The molecule has 0 spiro atoms. The number of rotatable bonds is 4. The summed E-state index contributed by atoms with van der Waals surface area (Å²) in [6.07, 6.45) is 1.62. The molecule has 0 amide bonds. The van der Waals surface area contributed by atoms with E-state index in [-0.39, 0.29) is 6.61 Å². The minimum Gasteiger partial charge on any atom is -0.481 e. The summed E-state index contributed by atoms with van der Waals surface area (Å²) in [6.45, 7) is 1.89. The number of nitrogens with zero attached hydrogens (tertiary/aromatic N) is 1. The Morgan fingerprint density at radius 3 is 2.85 bits per heavy atom. The molecule has 5 heteroatoms. The third kappa shape index (κ3) is 2.88. The van der Waals surface area contributed by atoms with Crippen LogP contribution in [0.15, 0.2) is 36.5 Å². The first-order valence-electron chi connectivity index (χ1n) is 6.13. The van der Waals surface area contributed by atoms with Gasteiger partial charge in [0.1, 0.15) is 6.61 Å². The quantitative estimate of drug-likeness (QED) is 0.683. The number of hydrogen-bond donors (Lipinski definition) is 1. The Morgan fingerprint density at radius 2 is 2.10 bits per heavy atom. The second-order valence-electron chi connectivity index (χ2n) is 4.27. The summed E-state index contributed by atoms with van der Waals surface area (Å²) in [6, 6.07) is 8.72. The van der Waals surface area contributed by atoms with Crippen molar-refractivity contribution in [1.29, 1.82) is 0 Å². The number of carbonyl (C=O) groups excluding carboxylic acids is 1. The first-order valence-corrected chi connectivity index (χ1v) is 6.13. The van der Waals surface area contributed by atoms with E-state index in [9.17, 15) is 4.79 Å². The van der Waals surface area contributed by atoms with Gasteiger partial charge < -0.3 is 15.2 Å². The zero-order chi connectivity index (χ0) is 14.5. The summed E-state index contributed by atoms with van der Waals surface area (Å²) in [4.78, 5) is 16.1. The number of benzene rings is 1. The Hall–Kier alpha value is -2.56. The molecule has 1 heterocycles. The van der Waals surface area contributed by atoms with Crippen molar-refractivity contribution in [1.82, 2.24) is 4.98 Å². The zero-order valence-corrected chi connectivity index (χ0v) is 11.4. The highest BCUT2D eigenvalue weighted by Gasteiger charge is 2.13. The van der Waals surface area contributed by atoms with Crippen molar-refractivity contribution in [2.75, 3.05) is 12.8 Å². The average molecular weight is 272 g/mol. The molecule has 0 aliphatic carbocycles. The van der Waals surface area contributed by atoms with Gasteiger partial charge in [0.2, 0.25) is 5.88 Å². The van der Waals surface area contributed by atoms with E-state index in [1.165, 1.54) is 7.11 Å². The van der Waals surface area contributed by atoms with Crippen LogP contribution in [0, 0.1) is 6.92 Å². The molecule has 0 atom stereocenters. The third-order valence-corrected chi connectivity index (χ3v) is 3.00. The molecule has 5 nitrogen and oxygen atoms in total. The molecule has 0 aliphatic rings. The highest BCUT2D eigenvalue weighted by Crippen LogP contribution is 2.19. The van der Waals surface area contributed by atoms with Crippen molar-refractivity contribution in [2.24, 2.45) is 0 Å². The van der Waals surface area contributed by atoms with Crippen LogP contribution in [0.3, 0.4) is 0 Å². The van der Waals surface area contributed by atoms with Gasteiger partial charge >= 0.3 is 5.97 Å². The molecule has 20 heavy (non-hydrogen) atoms. The number of esters is 1. The van der Waals surface area contributed by atoms with Crippen LogP contribution in [0.4, 0.5) is 5.69 Å². The van der Waals surface area contributed by atoms with Gasteiger partial charge in [-0.1, -0.05) is 6.07 Å². The molecule has 1 aromatic carbocycles. The smallest absolute Gasteiger partial charge is 0.338 e. The van der Waals surface area contributed by atoms with Gasteiger partial charge in [-0.05, 0) is 36.8 Å². The van der Waals surface area contributed by atoms with Crippen LogP contribution in [0.2, 0.25) is 0 Å². The number of carbonyl (C=O) groups is 1. The predicted octanol–water partition coefficient (Wildman–Crippen LogP) is 2.34. The minimum absolute atomic E-state index is 0.101. The van der Waals surface area contributed by atoms with Crippen molar-refractivity contribution >= 4 is 11.7 Å². The number of ether oxygens (including phenoxy) is 2. The van der Waals surface area contributed by atoms with Gasteiger partial charge in [0, 0.05) is 11.9 Å². The lowest BCUT2D eigenvalue weighted by Gasteiger charge is -2.10. The third-order valence-electron chi connectivity index (χ3n) is 3.00. The van der Waals surface area contributed by atoms with E-state index in [4.69, 9.17) is 15.2 Å². The number of nitrogens with two attached hydrogens (primary N) is 1. The molecular formula is C15H16N2O3. The molecule has 104 valence electrons. The first-order chi connectivity index (χ1) is 9.63. The fraction of sp³-hybridized carbons (Fsp3) is 0.200. The summed E-state index contributed by atoms with van der Waals surface area (Å²) in [5.74, 6) is 0.0327. The number of methoxy groups -OCH3 is 1. The lowest BCUT2D eigenvalue weighted by atomic mass is 10.1. The number of aromatic nitrogens is 1. The van der Waals surface area contributed by atoms with Crippen LogP contribution < -0.4 is 10.5 Å². The average Bonchev–Trinajstić information content (AvgIpc) is 2.48. The molecule has 2 N–H and O–H groups in total. The normalized spacial score (nSPS) is 10.1. The standard InChI is InChI=1S/C15H16N2O3/c1-10-12(6-3-7-13(10)16)15(18)20-9-11-5-4-8-17-14(11)19-2/h3-8H,9,16H2,1-2H3. The lowest BCUT2D eigenvalue weighted by Crippen LogP contribution is -2.09. The van der Waals surface area contributed by atoms with Crippen LogP contribution >= 0.6 is 0 Å². The van der Waals surface area contributed by atoms with E-state index in [0.717, 1.165) is 5.56 Å². The topological polar surface area (TPSA) is 74.4 Å². The van der Waals surface area contributed by atoms with Crippen molar-refractivity contribution in [3.63, 3.8) is 0 Å². The SMILES string of the molecule is COc1ncccc1COC(=O)c1cccc(N)c1C. The van der Waals surface area contributed by atoms with Gasteiger partial charge in [-0.3, -0.25) is 0 Å².